The zero-order valence-corrected chi connectivity index (χ0v) is 9.97. The van der Waals surface area contributed by atoms with E-state index in [1.807, 2.05) is 0 Å². The minimum Gasteiger partial charge on any atom is -0.0654 e. The van der Waals surface area contributed by atoms with Gasteiger partial charge in [0.15, 0.2) is 0 Å². The van der Waals surface area contributed by atoms with Crippen LogP contribution >= 0.6 is 0 Å². The molecule has 0 aliphatic carbocycles. The molecule has 0 aromatic rings. The van der Waals surface area contributed by atoms with Crippen molar-refractivity contribution in [3.05, 3.63) is 6.92 Å². The van der Waals surface area contributed by atoms with Gasteiger partial charge in [-0.25, -0.2) is 0 Å². The first-order chi connectivity index (χ1) is 6.13. The summed E-state index contributed by atoms with van der Waals surface area (Å²) in [4.78, 5) is 0. The summed E-state index contributed by atoms with van der Waals surface area (Å²) in [5, 5.41) is 0. The summed E-state index contributed by atoms with van der Waals surface area (Å²) >= 11 is 0. The molecule has 0 N–H and O–H groups in total. The Hall–Kier alpha value is 0. The molecule has 0 fully saturated rings. The predicted molar refractivity (Wildman–Crippen MR) is 61.6 cm³/mol. The lowest BCUT2D eigenvalue weighted by Crippen LogP contribution is -2.16. The molecule has 3 atom stereocenters. The third-order valence-corrected chi connectivity index (χ3v) is 3.51. The van der Waals surface area contributed by atoms with Crippen molar-refractivity contribution in [2.75, 3.05) is 0 Å². The highest BCUT2D eigenvalue weighted by Crippen LogP contribution is 2.26. The van der Waals surface area contributed by atoms with Crippen molar-refractivity contribution in [3.63, 3.8) is 0 Å². The Labute approximate surface area is 85.1 Å². The molecular formula is C13H27. The summed E-state index contributed by atoms with van der Waals surface area (Å²) in [6.45, 7) is 13.4. The summed E-state index contributed by atoms with van der Waals surface area (Å²) in [5.41, 5.74) is 0. The molecule has 1 radical (unpaired) electrons. The lowest BCUT2D eigenvalue weighted by molar-refractivity contribution is 0.261. The van der Waals surface area contributed by atoms with Gasteiger partial charge < -0.3 is 0 Å². The van der Waals surface area contributed by atoms with E-state index in [0.717, 1.165) is 24.2 Å². The van der Waals surface area contributed by atoms with Gasteiger partial charge in [-0.3, -0.25) is 0 Å². The third-order valence-electron chi connectivity index (χ3n) is 3.51. The van der Waals surface area contributed by atoms with Crippen molar-refractivity contribution in [2.45, 2.75) is 59.8 Å². The van der Waals surface area contributed by atoms with Crippen LogP contribution in [-0.4, -0.2) is 0 Å². The monoisotopic (exact) mass is 183 g/mol. The fourth-order valence-electron chi connectivity index (χ4n) is 1.80. The summed E-state index contributed by atoms with van der Waals surface area (Å²) in [6, 6.07) is 0. The van der Waals surface area contributed by atoms with Crippen LogP contribution in [0.15, 0.2) is 0 Å². The van der Waals surface area contributed by atoms with E-state index < -0.39 is 0 Å². The maximum Gasteiger partial charge on any atom is -0.0391 e. The van der Waals surface area contributed by atoms with Gasteiger partial charge in [0.25, 0.3) is 0 Å². The van der Waals surface area contributed by atoms with E-state index in [2.05, 4.69) is 34.6 Å². The summed E-state index contributed by atoms with van der Waals surface area (Å²) in [6.07, 6.45) is 6.63. The van der Waals surface area contributed by atoms with E-state index >= 15 is 0 Å². The first-order valence-electron chi connectivity index (χ1n) is 5.92. The topological polar surface area (TPSA) is 0 Å². The van der Waals surface area contributed by atoms with E-state index in [0.29, 0.717) is 0 Å². The number of hydrogen-bond acceptors (Lipinski definition) is 0. The standard InChI is InChI=1S/C13H27/c1-6-8-9-10-12(4)13(5)11(3)7-2/h11-13H,2,6-10H2,1,3-5H3. The molecule has 0 aromatic carbocycles. The van der Waals surface area contributed by atoms with Crippen LogP contribution in [-0.2, 0) is 0 Å². The molecule has 0 aromatic heterocycles. The van der Waals surface area contributed by atoms with Gasteiger partial charge >= 0.3 is 0 Å². The number of unbranched alkanes of at least 4 members (excludes halogenated alkanes) is 2. The maximum absolute atomic E-state index is 3.99. The molecule has 0 bridgehead atoms. The zero-order chi connectivity index (χ0) is 10.3. The Morgan fingerprint density at radius 2 is 1.62 bits per heavy atom. The fraction of sp³-hybridized carbons (Fsp3) is 0.923. The highest BCUT2D eigenvalue weighted by atomic mass is 14.2. The van der Waals surface area contributed by atoms with Crippen LogP contribution in [0.4, 0.5) is 0 Å². The van der Waals surface area contributed by atoms with Crippen LogP contribution < -0.4 is 0 Å². The molecule has 0 nitrogen and oxygen atoms in total. The molecule has 0 aliphatic heterocycles. The van der Waals surface area contributed by atoms with E-state index in [-0.39, 0.29) is 0 Å². The van der Waals surface area contributed by atoms with E-state index in [1.165, 1.54) is 25.7 Å². The molecule has 0 saturated carbocycles. The third kappa shape index (κ3) is 5.33. The Morgan fingerprint density at radius 1 is 1.00 bits per heavy atom. The highest BCUT2D eigenvalue weighted by molar-refractivity contribution is 4.68. The van der Waals surface area contributed by atoms with Gasteiger partial charge in [0.1, 0.15) is 0 Å². The molecule has 3 unspecified atom stereocenters. The fourth-order valence-corrected chi connectivity index (χ4v) is 1.80. The Kier molecular flexibility index (Phi) is 7.41. The zero-order valence-electron chi connectivity index (χ0n) is 9.97. The average molecular weight is 183 g/mol. The normalized spacial score (nSPS) is 18.2. The molecular weight excluding hydrogens is 156 g/mol. The van der Waals surface area contributed by atoms with Gasteiger partial charge in [0.2, 0.25) is 0 Å². The summed E-state index contributed by atoms with van der Waals surface area (Å²) in [5.74, 6) is 2.51. The minimum absolute atomic E-state index is 0.789. The Bertz CT molecular complexity index is 107. The smallest absolute Gasteiger partial charge is 0.0391 e. The summed E-state index contributed by atoms with van der Waals surface area (Å²) in [7, 11) is 0. The number of hydrogen-bond donors (Lipinski definition) is 0. The van der Waals surface area contributed by atoms with Crippen molar-refractivity contribution < 1.29 is 0 Å². The molecule has 0 heterocycles. The van der Waals surface area contributed by atoms with Crippen LogP contribution in [0.3, 0.4) is 0 Å². The van der Waals surface area contributed by atoms with Crippen LogP contribution in [0.2, 0.25) is 0 Å². The van der Waals surface area contributed by atoms with Crippen molar-refractivity contribution in [3.8, 4) is 0 Å². The molecule has 0 aliphatic rings. The second-order valence-electron chi connectivity index (χ2n) is 4.60. The van der Waals surface area contributed by atoms with Gasteiger partial charge in [0, 0.05) is 0 Å². The predicted octanol–water partition coefficient (Wildman–Crippen LogP) is 4.70. The van der Waals surface area contributed by atoms with Crippen LogP contribution in [0.1, 0.15) is 59.8 Å². The maximum atomic E-state index is 3.99. The lowest BCUT2D eigenvalue weighted by Gasteiger charge is -2.25. The van der Waals surface area contributed by atoms with Gasteiger partial charge in [-0.05, 0) is 17.8 Å². The van der Waals surface area contributed by atoms with Crippen molar-refractivity contribution in [2.24, 2.45) is 17.8 Å². The van der Waals surface area contributed by atoms with Gasteiger partial charge in [-0.15, -0.1) is 0 Å². The van der Waals surface area contributed by atoms with E-state index in [9.17, 15) is 0 Å². The highest BCUT2D eigenvalue weighted by Gasteiger charge is 2.16. The Morgan fingerprint density at radius 3 is 2.08 bits per heavy atom. The average Bonchev–Trinajstić information content (AvgIpc) is 2.15. The van der Waals surface area contributed by atoms with Crippen molar-refractivity contribution in [1.29, 1.82) is 0 Å². The molecule has 0 spiro atoms. The molecule has 0 amide bonds. The van der Waals surface area contributed by atoms with Gasteiger partial charge in [0.05, 0.1) is 0 Å². The molecule has 0 saturated heterocycles. The largest absolute Gasteiger partial charge is 0.0654 e. The lowest BCUT2D eigenvalue weighted by atomic mass is 9.81. The van der Waals surface area contributed by atoms with E-state index in [4.69, 9.17) is 0 Å². The van der Waals surface area contributed by atoms with Gasteiger partial charge in [-0.1, -0.05) is 66.7 Å². The Balaban J connectivity index is 3.62. The molecule has 0 heteroatoms. The SMILES string of the molecule is [CH2]CC(C)C(C)C(C)CCCCC. The second-order valence-corrected chi connectivity index (χ2v) is 4.60. The number of rotatable bonds is 7. The van der Waals surface area contributed by atoms with E-state index in [1.54, 1.807) is 0 Å². The molecule has 0 rings (SSSR count). The van der Waals surface area contributed by atoms with Crippen LogP contribution in [0.5, 0.6) is 0 Å². The first kappa shape index (κ1) is 13.0. The van der Waals surface area contributed by atoms with Crippen molar-refractivity contribution >= 4 is 0 Å². The second kappa shape index (κ2) is 7.41. The quantitative estimate of drug-likeness (QED) is 0.502. The van der Waals surface area contributed by atoms with Crippen LogP contribution in [0, 0.1) is 24.7 Å². The minimum atomic E-state index is 0.789. The molecule has 13 heavy (non-hydrogen) atoms. The first-order valence-corrected chi connectivity index (χ1v) is 5.92. The van der Waals surface area contributed by atoms with Crippen molar-refractivity contribution in [1.82, 2.24) is 0 Å². The van der Waals surface area contributed by atoms with Gasteiger partial charge in [-0.2, -0.15) is 0 Å². The summed E-state index contributed by atoms with van der Waals surface area (Å²) < 4.78 is 0. The van der Waals surface area contributed by atoms with Crippen LogP contribution in [0.25, 0.3) is 0 Å². The molecule has 79 valence electrons.